The predicted octanol–water partition coefficient (Wildman–Crippen LogP) is 0.351. The number of aromatic nitrogens is 1. The van der Waals surface area contributed by atoms with Crippen molar-refractivity contribution in [2.75, 3.05) is 5.73 Å². The van der Waals surface area contributed by atoms with Crippen molar-refractivity contribution in [1.29, 1.82) is 0 Å². The largest absolute Gasteiger partial charge is 0.493 e. The van der Waals surface area contributed by atoms with Gasteiger partial charge in [-0.3, -0.25) is 9.56 Å². The molecule has 0 radical (unpaired) electrons. The molecule has 0 atom stereocenters. The Morgan fingerprint density at radius 1 is 1.45 bits per heavy atom. The van der Waals surface area contributed by atoms with E-state index in [1.54, 1.807) is 0 Å². The van der Waals surface area contributed by atoms with E-state index in [0.717, 1.165) is 4.57 Å². The summed E-state index contributed by atoms with van der Waals surface area (Å²) in [6, 6.07) is 0. The van der Waals surface area contributed by atoms with Crippen LogP contribution >= 0.6 is 0 Å². The fourth-order valence-corrected chi connectivity index (χ4v) is 0.822. The maximum Gasteiger partial charge on any atom is 0.222 e. The SMILES string of the molecule is C=Nc1c(N)c(O)n(C)c1O. The minimum atomic E-state index is -0.204. The van der Waals surface area contributed by atoms with Gasteiger partial charge in [0.1, 0.15) is 5.69 Å². The van der Waals surface area contributed by atoms with Crippen molar-refractivity contribution in [1.82, 2.24) is 4.57 Å². The lowest BCUT2D eigenvalue weighted by atomic mass is 10.4. The summed E-state index contributed by atoms with van der Waals surface area (Å²) in [6.45, 7) is 3.19. The fraction of sp³-hybridized carbons (Fsp3) is 0.167. The number of hydrogen-bond acceptors (Lipinski definition) is 4. The zero-order valence-corrected chi connectivity index (χ0v) is 6.07. The summed E-state index contributed by atoms with van der Waals surface area (Å²) in [5.41, 5.74) is 5.51. The van der Waals surface area contributed by atoms with Crippen molar-refractivity contribution in [3.8, 4) is 11.8 Å². The summed E-state index contributed by atoms with van der Waals surface area (Å²) in [5, 5.41) is 18.3. The van der Waals surface area contributed by atoms with Crippen molar-refractivity contribution in [3.05, 3.63) is 0 Å². The van der Waals surface area contributed by atoms with E-state index in [1.165, 1.54) is 7.05 Å². The van der Waals surface area contributed by atoms with Crippen LogP contribution in [0.15, 0.2) is 4.99 Å². The number of rotatable bonds is 1. The second-order valence-electron chi connectivity index (χ2n) is 2.13. The van der Waals surface area contributed by atoms with Crippen LogP contribution in [0.2, 0.25) is 0 Å². The van der Waals surface area contributed by atoms with Crippen molar-refractivity contribution in [2.24, 2.45) is 12.0 Å². The van der Waals surface area contributed by atoms with Crippen molar-refractivity contribution < 1.29 is 10.2 Å². The molecule has 1 heterocycles. The molecule has 0 amide bonds. The van der Waals surface area contributed by atoms with Gasteiger partial charge in [-0.25, -0.2) is 0 Å². The summed E-state index contributed by atoms with van der Waals surface area (Å²) >= 11 is 0. The number of aliphatic imine (C=N–C) groups is 1. The number of nitrogens with zero attached hydrogens (tertiary/aromatic N) is 2. The molecule has 0 saturated heterocycles. The van der Waals surface area contributed by atoms with Gasteiger partial charge in [-0.2, -0.15) is 0 Å². The van der Waals surface area contributed by atoms with Gasteiger partial charge in [-0.1, -0.05) is 0 Å². The first-order valence-electron chi connectivity index (χ1n) is 2.92. The molecule has 0 unspecified atom stereocenters. The van der Waals surface area contributed by atoms with E-state index in [1.807, 2.05) is 0 Å². The maximum atomic E-state index is 9.19. The van der Waals surface area contributed by atoms with Crippen LogP contribution in [0.5, 0.6) is 11.8 Å². The molecular weight excluding hydrogens is 146 g/mol. The van der Waals surface area contributed by atoms with E-state index >= 15 is 0 Å². The van der Waals surface area contributed by atoms with Crippen molar-refractivity contribution in [2.45, 2.75) is 0 Å². The van der Waals surface area contributed by atoms with E-state index in [-0.39, 0.29) is 23.1 Å². The Kier molecular flexibility index (Phi) is 1.48. The van der Waals surface area contributed by atoms with E-state index in [0.29, 0.717) is 0 Å². The van der Waals surface area contributed by atoms with Crippen LogP contribution in [0.3, 0.4) is 0 Å². The average Bonchev–Trinajstić information content (AvgIpc) is 2.17. The highest BCUT2D eigenvalue weighted by Crippen LogP contribution is 2.41. The molecular formula is C6H9N3O2. The highest BCUT2D eigenvalue weighted by Gasteiger charge is 2.15. The van der Waals surface area contributed by atoms with Crippen LogP contribution in [0.1, 0.15) is 0 Å². The number of aromatic hydroxyl groups is 2. The average molecular weight is 155 g/mol. The Bertz CT molecular complexity index is 278. The molecule has 5 heteroatoms. The highest BCUT2D eigenvalue weighted by atomic mass is 16.3. The third-order valence-electron chi connectivity index (χ3n) is 1.50. The molecule has 1 aromatic rings. The molecule has 1 rings (SSSR count). The van der Waals surface area contributed by atoms with Crippen molar-refractivity contribution >= 4 is 18.1 Å². The lowest BCUT2D eigenvalue weighted by molar-refractivity contribution is 0.388. The molecule has 0 aliphatic heterocycles. The van der Waals surface area contributed by atoms with E-state index in [4.69, 9.17) is 10.8 Å². The van der Waals surface area contributed by atoms with Crippen LogP contribution in [0.25, 0.3) is 0 Å². The summed E-state index contributed by atoms with van der Waals surface area (Å²) in [5.74, 6) is -0.389. The first-order chi connectivity index (χ1) is 5.09. The molecule has 0 fully saturated rings. The lowest BCUT2D eigenvalue weighted by Crippen LogP contribution is -1.86. The van der Waals surface area contributed by atoms with E-state index in [9.17, 15) is 5.11 Å². The molecule has 1 aromatic heterocycles. The topological polar surface area (TPSA) is 83.8 Å². The lowest BCUT2D eigenvalue weighted by Gasteiger charge is -1.94. The zero-order valence-electron chi connectivity index (χ0n) is 6.07. The van der Waals surface area contributed by atoms with E-state index < -0.39 is 0 Å². The van der Waals surface area contributed by atoms with Crippen LogP contribution in [0.4, 0.5) is 11.4 Å². The van der Waals surface area contributed by atoms with Crippen molar-refractivity contribution in [3.63, 3.8) is 0 Å². The normalized spacial score (nSPS) is 9.91. The number of hydrogen-bond donors (Lipinski definition) is 3. The first-order valence-corrected chi connectivity index (χ1v) is 2.92. The van der Waals surface area contributed by atoms with Gasteiger partial charge < -0.3 is 15.9 Å². The molecule has 0 spiro atoms. The van der Waals surface area contributed by atoms with Gasteiger partial charge in [0.25, 0.3) is 0 Å². The third-order valence-corrected chi connectivity index (χ3v) is 1.50. The molecule has 0 bridgehead atoms. The first kappa shape index (κ1) is 7.46. The molecule has 0 aliphatic carbocycles. The maximum absolute atomic E-state index is 9.19. The van der Waals surface area contributed by atoms with E-state index in [2.05, 4.69) is 11.7 Å². The Morgan fingerprint density at radius 2 is 2.00 bits per heavy atom. The van der Waals surface area contributed by atoms with Gasteiger partial charge in [-0.05, 0) is 6.72 Å². The fourth-order valence-electron chi connectivity index (χ4n) is 0.822. The minimum Gasteiger partial charge on any atom is -0.493 e. The highest BCUT2D eigenvalue weighted by molar-refractivity contribution is 5.76. The molecule has 60 valence electrons. The molecule has 0 saturated carbocycles. The minimum absolute atomic E-state index is 0.0417. The smallest absolute Gasteiger partial charge is 0.222 e. The number of anilines is 1. The van der Waals surface area contributed by atoms with Crippen LogP contribution < -0.4 is 5.73 Å². The summed E-state index contributed by atoms with van der Waals surface area (Å²) < 4.78 is 1.12. The summed E-state index contributed by atoms with van der Waals surface area (Å²) in [4.78, 5) is 3.45. The third kappa shape index (κ3) is 0.813. The molecule has 0 aliphatic rings. The van der Waals surface area contributed by atoms with Crippen LogP contribution in [-0.2, 0) is 7.05 Å². The van der Waals surface area contributed by atoms with Gasteiger partial charge in [0.15, 0.2) is 5.69 Å². The number of nitrogen functional groups attached to an aromatic ring is 1. The summed E-state index contributed by atoms with van der Waals surface area (Å²) in [6.07, 6.45) is 0. The Balaban J connectivity index is 3.47. The molecule has 11 heavy (non-hydrogen) atoms. The Labute approximate surface area is 63.4 Å². The quantitative estimate of drug-likeness (QED) is 0.511. The standard InChI is InChI=1S/C6H9N3O2/c1-8-4-3(7)5(10)9(2)6(4)11/h10-11H,1,7H2,2H3. The Hall–Kier alpha value is -1.65. The van der Waals surface area contributed by atoms with Crippen LogP contribution in [0, 0.1) is 0 Å². The second kappa shape index (κ2) is 2.19. The molecule has 4 N–H and O–H groups in total. The number of nitrogens with two attached hydrogens (primary N) is 1. The van der Waals surface area contributed by atoms with Gasteiger partial charge in [0.05, 0.1) is 0 Å². The van der Waals surface area contributed by atoms with Gasteiger partial charge >= 0.3 is 0 Å². The van der Waals surface area contributed by atoms with Gasteiger partial charge in [0, 0.05) is 7.05 Å². The predicted molar refractivity (Wildman–Crippen MR) is 42.4 cm³/mol. The van der Waals surface area contributed by atoms with Gasteiger partial charge in [-0.15, -0.1) is 0 Å². The molecule has 5 nitrogen and oxygen atoms in total. The summed E-state index contributed by atoms with van der Waals surface area (Å²) in [7, 11) is 1.47. The zero-order chi connectivity index (χ0) is 8.59. The second-order valence-corrected chi connectivity index (χ2v) is 2.13. The van der Waals surface area contributed by atoms with Gasteiger partial charge in [0.2, 0.25) is 11.8 Å². The Morgan fingerprint density at radius 3 is 2.18 bits per heavy atom. The monoisotopic (exact) mass is 155 g/mol. The van der Waals surface area contributed by atoms with Crippen LogP contribution in [-0.4, -0.2) is 21.5 Å². The molecule has 0 aromatic carbocycles.